The van der Waals surface area contributed by atoms with E-state index in [1.165, 1.54) is 0 Å². The summed E-state index contributed by atoms with van der Waals surface area (Å²) in [6.07, 6.45) is 3.69. The van der Waals surface area contributed by atoms with Crippen LogP contribution in [0.3, 0.4) is 0 Å². The molecule has 0 unspecified atom stereocenters. The quantitative estimate of drug-likeness (QED) is 0.668. The fraction of sp³-hybridized carbons (Fsp3) is 0.100. The predicted octanol–water partition coefficient (Wildman–Crippen LogP) is 1.12. The molecule has 0 atom stereocenters. The molecule has 0 saturated carbocycles. The molecule has 3 heterocycles. The Morgan fingerprint density at radius 2 is 2.31 bits per heavy atom. The second-order valence-electron chi connectivity index (χ2n) is 3.38. The van der Waals surface area contributed by atoms with Crippen molar-refractivity contribution >= 4 is 17.0 Å². The summed E-state index contributed by atoms with van der Waals surface area (Å²) in [7, 11) is 0. The van der Waals surface area contributed by atoms with Crippen molar-refractivity contribution in [1.82, 2.24) is 19.9 Å². The van der Waals surface area contributed by atoms with Gasteiger partial charge in [-0.15, -0.1) is 0 Å². The van der Waals surface area contributed by atoms with E-state index in [9.17, 15) is 0 Å². The number of hydrogen-bond acceptors (Lipinski definition) is 5. The summed E-state index contributed by atoms with van der Waals surface area (Å²) in [6.45, 7) is 0. The van der Waals surface area contributed by atoms with Gasteiger partial charge in [0, 0.05) is 0 Å². The van der Waals surface area contributed by atoms with Crippen molar-refractivity contribution < 1.29 is 4.42 Å². The Labute approximate surface area is 90.5 Å². The maximum Gasteiger partial charge on any atom is 0.163 e. The number of nitrogens with two attached hydrogens (primary N) is 1. The second-order valence-corrected chi connectivity index (χ2v) is 3.38. The van der Waals surface area contributed by atoms with E-state index in [0.717, 1.165) is 5.76 Å². The standard InChI is InChI=1S/C10H9N5O/c11-9-8-10(13-5-12-8)15-7(14-9)4-6-2-1-3-16-6/h1-3,5H,4H2,(H3,11,12,13,14,15). The van der Waals surface area contributed by atoms with Crippen molar-refractivity contribution in [2.24, 2.45) is 0 Å². The van der Waals surface area contributed by atoms with E-state index in [1.54, 1.807) is 12.6 Å². The maximum absolute atomic E-state index is 5.77. The summed E-state index contributed by atoms with van der Waals surface area (Å²) in [5.41, 5.74) is 7.01. The minimum atomic E-state index is 0.382. The third kappa shape index (κ3) is 1.40. The van der Waals surface area contributed by atoms with Gasteiger partial charge in [-0.25, -0.2) is 15.0 Å². The molecule has 0 bridgehead atoms. The van der Waals surface area contributed by atoms with Gasteiger partial charge in [0.1, 0.15) is 17.1 Å². The highest BCUT2D eigenvalue weighted by atomic mass is 16.3. The lowest BCUT2D eigenvalue weighted by atomic mass is 10.3. The normalized spacial score (nSPS) is 11.0. The molecule has 3 N–H and O–H groups in total. The van der Waals surface area contributed by atoms with Crippen LogP contribution in [-0.2, 0) is 6.42 Å². The van der Waals surface area contributed by atoms with Crippen LogP contribution >= 0.6 is 0 Å². The van der Waals surface area contributed by atoms with Crippen LogP contribution in [0.4, 0.5) is 5.82 Å². The number of aromatic amines is 1. The van der Waals surface area contributed by atoms with Crippen LogP contribution in [0, 0.1) is 0 Å². The van der Waals surface area contributed by atoms with Crippen LogP contribution in [0.25, 0.3) is 11.2 Å². The Hall–Kier alpha value is -2.37. The van der Waals surface area contributed by atoms with Gasteiger partial charge in [-0.3, -0.25) is 0 Å². The molecule has 0 fully saturated rings. The van der Waals surface area contributed by atoms with Crippen molar-refractivity contribution in [3.63, 3.8) is 0 Å². The SMILES string of the molecule is Nc1nc(Cc2ccco2)nc2[nH]cnc12. The van der Waals surface area contributed by atoms with E-state index >= 15 is 0 Å². The van der Waals surface area contributed by atoms with E-state index in [-0.39, 0.29) is 0 Å². The molecular weight excluding hydrogens is 206 g/mol. The Kier molecular flexibility index (Phi) is 1.86. The highest BCUT2D eigenvalue weighted by Crippen LogP contribution is 2.14. The number of H-pyrrole nitrogens is 1. The lowest BCUT2D eigenvalue weighted by Crippen LogP contribution is -2.01. The van der Waals surface area contributed by atoms with Gasteiger partial charge >= 0.3 is 0 Å². The summed E-state index contributed by atoms with van der Waals surface area (Å²) in [6, 6.07) is 3.70. The maximum atomic E-state index is 5.77. The molecule has 0 spiro atoms. The van der Waals surface area contributed by atoms with Gasteiger partial charge in [0.05, 0.1) is 19.0 Å². The highest BCUT2D eigenvalue weighted by Gasteiger charge is 2.08. The average molecular weight is 215 g/mol. The third-order valence-corrected chi connectivity index (χ3v) is 2.26. The lowest BCUT2D eigenvalue weighted by Gasteiger charge is -1.99. The van der Waals surface area contributed by atoms with E-state index < -0.39 is 0 Å². The molecule has 3 aromatic heterocycles. The van der Waals surface area contributed by atoms with Crippen LogP contribution in [0.5, 0.6) is 0 Å². The molecule has 0 radical (unpaired) electrons. The summed E-state index contributed by atoms with van der Waals surface area (Å²) in [5.74, 6) is 1.80. The minimum absolute atomic E-state index is 0.382. The molecular formula is C10H9N5O. The zero-order valence-electron chi connectivity index (χ0n) is 8.34. The van der Waals surface area contributed by atoms with Crippen LogP contribution in [0.2, 0.25) is 0 Å². The second kappa shape index (κ2) is 3.34. The number of anilines is 1. The fourth-order valence-electron chi connectivity index (χ4n) is 1.55. The van der Waals surface area contributed by atoms with Gasteiger partial charge in [0.25, 0.3) is 0 Å². The van der Waals surface area contributed by atoms with E-state index in [2.05, 4.69) is 19.9 Å². The van der Waals surface area contributed by atoms with Gasteiger partial charge in [0.2, 0.25) is 0 Å². The fourth-order valence-corrected chi connectivity index (χ4v) is 1.55. The van der Waals surface area contributed by atoms with Crippen LogP contribution in [0.1, 0.15) is 11.6 Å². The third-order valence-electron chi connectivity index (χ3n) is 2.26. The first-order valence-electron chi connectivity index (χ1n) is 4.81. The number of imidazole rings is 1. The smallest absolute Gasteiger partial charge is 0.163 e. The zero-order chi connectivity index (χ0) is 11.0. The molecule has 16 heavy (non-hydrogen) atoms. The summed E-state index contributed by atoms with van der Waals surface area (Å²) in [5, 5.41) is 0. The molecule has 0 saturated heterocycles. The number of rotatable bonds is 2. The van der Waals surface area contributed by atoms with Gasteiger partial charge in [-0.1, -0.05) is 0 Å². The molecule has 80 valence electrons. The predicted molar refractivity (Wildman–Crippen MR) is 57.6 cm³/mol. The van der Waals surface area contributed by atoms with Crippen LogP contribution < -0.4 is 5.73 Å². The van der Waals surface area contributed by atoms with Crippen molar-refractivity contribution in [1.29, 1.82) is 0 Å². The van der Waals surface area contributed by atoms with Gasteiger partial charge in [-0.05, 0) is 12.1 Å². The summed E-state index contributed by atoms with van der Waals surface area (Å²) in [4.78, 5) is 15.4. The number of aromatic nitrogens is 4. The zero-order valence-corrected chi connectivity index (χ0v) is 8.34. The Morgan fingerprint density at radius 3 is 3.12 bits per heavy atom. The number of hydrogen-bond donors (Lipinski definition) is 2. The van der Waals surface area contributed by atoms with Crippen molar-refractivity contribution in [3.05, 3.63) is 36.3 Å². The Bertz CT molecular complexity index is 613. The molecule has 6 heteroatoms. The lowest BCUT2D eigenvalue weighted by molar-refractivity contribution is 0.517. The molecule has 0 amide bonds. The first-order chi connectivity index (χ1) is 7.83. The first-order valence-corrected chi connectivity index (χ1v) is 4.81. The first kappa shape index (κ1) is 8.90. The number of nitrogens with zero attached hydrogens (tertiary/aromatic N) is 3. The van der Waals surface area contributed by atoms with Gasteiger partial charge in [-0.2, -0.15) is 0 Å². The molecule has 6 nitrogen and oxygen atoms in total. The molecule has 0 aliphatic rings. The van der Waals surface area contributed by atoms with Gasteiger partial charge < -0.3 is 15.1 Å². The molecule has 3 aromatic rings. The number of nitrogen functional groups attached to an aromatic ring is 1. The Morgan fingerprint density at radius 1 is 1.38 bits per heavy atom. The summed E-state index contributed by atoms with van der Waals surface area (Å²) < 4.78 is 5.22. The molecule has 0 aliphatic heterocycles. The van der Waals surface area contributed by atoms with Crippen LogP contribution in [-0.4, -0.2) is 19.9 Å². The van der Waals surface area contributed by atoms with Crippen molar-refractivity contribution in [2.75, 3.05) is 5.73 Å². The monoisotopic (exact) mass is 215 g/mol. The number of furan rings is 1. The van der Waals surface area contributed by atoms with Crippen molar-refractivity contribution in [3.8, 4) is 0 Å². The number of nitrogens with one attached hydrogen (secondary N) is 1. The average Bonchev–Trinajstić information content (AvgIpc) is 2.87. The summed E-state index contributed by atoms with van der Waals surface area (Å²) >= 11 is 0. The van der Waals surface area contributed by atoms with Crippen molar-refractivity contribution in [2.45, 2.75) is 6.42 Å². The van der Waals surface area contributed by atoms with E-state index in [4.69, 9.17) is 10.2 Å². The molecule has 0 aromatic carbocycles. The number of fused-ring (bicyclic) bond motifs is 1. The van der Waals surface area contributed by atoms with Crippen LogP contribution in [0.15, 0.2) is 29.1 Å². The largest absolute Gasteiger partial charge is 0.469 e. The minimum Gasteiger partial charge on any atom is -0.469 e. The van der Waals surface area contributed by atoms with Gasteiger partial charge in [0.15, 0.2) is 11.5 Å². The van der Waals surface area contributed by atoms with E-state index in [0.29, 0.717) is 29.2 Å². The molecule has 3 rings (SSSR count). The topological polar surface area (TPSA) is 93.6 Å². The van der Waals surface area contributed by atoms with E-state index in [1.807, 2.05) is 12.1 Å². The highest BCUT2D eigenvalue weighted by molar-refractivity contribution is 5.80. The molecule has 0 aliphatic carbocycles. The Balaban J connectivity index is 2.04.